The first-order valence-electron chi connectivity index (χ1n) is 8.00. The third-order valence-electron chi connectivity index (χ3n) is 3.93. The van der Waals surface area contributed by atoms with Gasteiger partial charge in [-0.25, -0.2) is 0 Å². The number of rotatable bonds is 7. The Morgan fingerprint density at radius 3 is 2.77 bits per heavy atom. The first-order chi connectivity index (χ1) is 10.7. The molecule has 1 amide bonds. The van der Waals surface area contributed by atoms with Crippen molar-refractivity contribution >= 4 is 5.91 Å². The molecule has 1 fully saturated rings. The van der Waals surface area contributed by atoms with E-state index in [1.165, 1.54) is 0 Å². The Morgan fingerprint density at radius 1 is 1.32 bits per heavy atom. The van der Waals surface area contributed by atoms with Gasteiger partial charge in [0.15, 0.2) is 0 Å². The monoisotopic (exact) mass is 305 g/mol. The fraction of sp³-hybridized carbons (Fsp3) is 0.588. The second-order valence-corrected chi connectivity index (χ2v) is 6.00. The van der Waals surface area contributed by atoms with E-state index in [-0.39, 0.29) is 11.8 Å². The molecule has 0 atom stereocenters. The highest BCUT2D eigenvalue weighted by Crippen LogP contribution is 2.18. The van der Waals surface area contributed by atoms with Crippen LogP contribution in [0.1, 0.15) is 18.4 Å². The lowest BCUT2D eigenvalue weighted by atomic mass is 9.97. The van der Waals surface area contributed by atoms with E-state index in [4.69, 9.17) is 4.74 Å². The van der Waals surface area contributed by atoms with Crippen molar-refractivity contribution in [2.24, 2.45) is 5.92 Å². The number of para-hydroxylation sites is 1. The predicted molar refractivity (Wildman–Crippen MR) is 87.9 cm³/mol. The zero-order chi connectivity index (χ0) is 15.8. The number of benzene rings is 1. The van der Waals surface area contributed by atoms with Crippen molar-refractivity contribution in [3.8, 4) is 5.75 Å². The average molecular weight is 305 g/mol. The maximum Gasteiger partial charge on any atom is 0.223 e. The molecule has 1 aliphatic heterocycles. The van der Waals surface area contributed by atoms with Crippen molar-refractivity contribution in [1.29, 1.82) is 0 Å². The summed E-state index contributed by atoms with van der Waals surface area (Å²) in [4.78, 5) is 14.3. The van der Waals surface area contributed by atoms with Crippen LogP contribution >= 0.6 is 0 Å². The fourth-order valence-corrected chi connectivity index (χ4v) is 2.54. The van der Waals surface area contributed by atoms with Crippen molar-refractivity contribution in [3.05, 3.63) is 29.8 Å². The molecule has 0 aliphatic carbocycles. The largest absolute Gasteiger partial charge is 0.492 e. The highest BCUT2D eigenvalue weighted by atomic mass is 16.5. The van der Waals surface area contributed by atoms with Gasteiger partial charge in [0.1, 0.15) is 12.4 Å². The molecule has 1 aliphatic rings. The van der Waals surface area contributed by atoms with Crippen LogP contribution in [0.2, 0.25) is 0 Å². The van der Waals surface area contributed by atoms with Crippen molar-refractivity contribution in [2.45, 2.75) is 19.4 Å². The summed E-state index contributed by atoms with van der Waals surface area (Å²) >= 11 is 0. The molecule has 0 radical (unpaired) electrons. The molecular weight excluding hydrogens is 278 g/mol. The molecule has 1 aromatic rings. The first kappa shape index (κ1) is 16.8. The first-order valence-corrected chi connectivity index (χ1v) is 8.00. The van der Waals surface area contributed by atoms with Crippen molar-refractivity contribution in [3.63, 3.8) is 0 Å². The number of piperidine rings is 1. The van der Waals surface area contributed by atoms with Crippen molar-refractivity contribution in [2.75, 3.05) is 40.3 Å². The second-order valence-electron chi connectivity index (χ2n) is 6.00. The Kier molecular flexibility index (Phi) is 6.68. The van der Waals surface area contributed by atoms with Crippen LogP contribution in [0.4, 0.5) is 0 Å². The Bertz CT molecular complexity index is 471. The fourth-order valence-electron chi connectivity index (χ4n) is 2.54. The number of nitrogens with one attached hydrogen (secondary N) is 2. The minimum atomic E-state index is 0.142. The predicted octanol–water partition coefficient (Wildman–Crippen LogP) is 1.24. The van der Waals surface area contributed by atoms with Gasteiger partial charge in [0.2, 0.25) is 5.91 Å². The summed E-state index contributed by atoms with van der Waals surface area (Å²) in [6, 6.07) is 7.91. The van der Waals surface area contributed by atoms with Crippen LogP contribution in [-0.4, -0.2) is 51.1 Å². The lowest BCUT2D eigenvalue weighted by molar-refractivity contribution is -0.125. The molecule has 5 nitrogen and oxygen atoms in total. The van der Waals surface area contributed by atoms with Gasteiger partial charge in [-0.15, -0.1) is 0 Å². The van der Waals surface area contributed by atoms with Gasteiger partial charge >= 0.3 is 0 Å². The molecule has 1 heterocycles. The SMILES string of the molecule is CN(C)CCOc1ccccc1CNC(=O)C1CCNCC1. The van der Waals surface area contributed by atoms with E-state index in [0.29, 0.717) is 13.2 Å². The highest BCUT2D eigenvalue weighted by molar-refractivity contribution is 5.78. The third kappa shape index (κ3) is 5.31. The topological polar surface area (TPSA) is 53.6 Å². The highest BCUT2D eigenvalue weighted by Gasteiger charge is 2.20. The van der Waals surface area contributed by atoms with Crippen LogP contribution in [0.3, 0.4) is 0 Å². The van der Waals surface area contributed by atoms with Gasteiger partial charge in [-0.1, -0.05) is 18.2 Å². The van der Waals surface area contributed by atoms with E-state index in [1.54, 1.807) is 0 Å². The average Bonchev–Trinajstić information content (AvgIpc) is 2.54. The molecule has 5 heteroatoms. The van der Waals surface area contributed by atoms with E-state index in [1.807, 2.05) is 38.4 Å². The van der Waals surface area contributed by atoms with E-state index in [0.717, 1.165) is 43.8 Å². The number of ether oxygens (including phenoxy) is 1. The van der Waals surface area contributed by atoms with E-state index in [9.17, 15) is 4.79 Å². The van der Waals surface area contributed by atoms with Crippen LogP contribution in [-0.2, 0) is 11.3 Å². The summed E-state index contributed by atoms with van der Waals surface area (Å²) in [6.07, 6.45) is 1.85. The number of carbonyl (C=O) groups is 1. The Hall–Kier alpha value is -1.59. The van der Waals surface area contributed by atoms with Crippen molar-refractivity contribution < 1.29 is 9.53 Å². The Balaban J connectivity index is 1.84. The number of amides is 1. The van der Waals surface area contributed by atoms with E-state index >= 15 is 0 Å². The summed E-state index contributed by atoms with van der Waals surface area (Å²) in [5.74, 6) is 1.16. The van der Waals surface area contributed by atoms with Crippen LogP contribution in [0.25, 0.3) is 0 Å². The number of hydrogen-bond acceptors (Lipinski definition) is 4. The third-order valence-corrected chi connectivity index (χ3v) is 3.93. The lowest BCUT2D eigenvalue weighted by Crippen LogP contribution is -2.37. The quantitative estimate of drug-likeness (QED) is 0.796. The number of hydrogen-bond donors (Lipinski definition) is 2. The second kappa shape index (κ2) is 8.76. The lowest BCUT2D eigenvalue weighted by Gasteiger charge is -2.22. The van der Waals surface area contributed by atoms with Gasteiger partial charge in [0.05, 0.1) is 0 Å². The van der Waals surface area contributed by atoms with Gasteiger partial charge in [0.25, 0.3) is 0 Å². The smallest absolute Gasteiger partial charge is 0.223 e. The van der Waals surface area contributed by atoms with Crippen LogP contribution in [0.15, 0.2) is 24.3 Å². The Labute approximate surface area is 133 Å². The summed E-state index contributed by atoms with van der Waals surface area (Å²) < 4.78 is 5.82. The summed E-state index contributed by atoms with van der Waals surface area (Å²) in [6.45, 7) is 3.91. The molecule has 1 aromatic carbocycles. The van der Waals surface area contributed by atoms with Gasteiger partial charge in [-0.3, -0.25) is 4.79 Å². The summed E-state index contributed by atoms with van der Waals surface area (Å²) in [5.41, 5.74) is 1.03. The molecular formula is C17H27N3O2. The molecule has 2 N–H and O–H groups in total. The van der Waals surface area contributed by atoms with Crippen molar-refractivity contribution in [1.82, 2.24) is 15.5 Å². The maximum absolute atomic E-state index is 12.2. The van der Waals surface area contributed by atoms with Crippen LogP contribution in [0, 0.1) is 5.92 Å². The zero-order valence-electron chi connectivity index (χ0n) is 13.6. The normalized spacial score (nSPS) is 15.8. The molecule has 2 rings (SSSR count). The number of carbonyl (C=O) groups excluding carboxylic acids is 1. The summed E-state index contributed by atoms with van der Waals surface area (Å²) in [5, 5.41) is 6.33. The molecule has 0 spiro atoms. The molecule has 22 heavy (non-hydrogen) atoms. The van der Waals surface area contributed by atoms with Gasteiger partial charge in [-0.05, 0) is 46.1 Å². The molecule has 122 valence electrons. The zero-order valence-corrected chi connectivity index (χ0v) is 13.6. The number of likely N-dealkylation sites (N-methyl/N-ethyl adjacent to an activating group) is 1. The minimum Gasteiger partial charge on any atom is -0.492 e. The Morgan fingerprint density at radius 2 is 2.05 bits per heavy atom. The molecule has 0 aromatic heterocycles. The minimum absolute atomic E-state index is 0.142. The van der Waals surface area contributed by atoms with Gasteiger partial charge in [-0.2, -0.15) is 0 Å². The molecule has 1 saturated heterocycles. The molecule has 0 unspecified atom stereocenters. The number of nitrogens with zero attached hydrogens (tertiary/aromatic N) is 1. The van der Waals surface area contributed by atoms with E-state index in [2.05, 4.69) is 15.5 Å². The van der Waals surface area contributed by atoms with Crippen LogP contribution in [0.5, 0.6) is 5.75 Å². The summed E-state index contributed by atoms with van der Waals surface area (Å²) in [7, 11) is 4.04. The molecule has 0 saturated carbocycles. The van der Waals surface area contributed by atoms with E-state index < -0.39 is 0 Å². The molecule has 0 bridgehead atoms. The van der Waals surface area contributed by atoms with Crippen LogP contribution < -0.4 is 15.4 Å². The van der Waals surface area contributed by atoms with Gasteiger partial charge < -0.3 is 20.3 Å². The maximum atomic E-state index is 12.2. The standard InChI is InChI=1S/C17H27N3O2/c1-20(2)11-12-22-16-6-4-3-5-15(16)13-19-17(21)14-7-9-18-10-8-14/h3-6,14,18H,7-13H2,1-2H3,(H,19,21). The van der Waals surface area contributed by atoms with Gasteiger partial charge in [0, 0.05) is 24.6 Å².